The van der Waals surface area contributed by atoms with Crippen LogP contribution in [0.15, 0.2) is 18.2 Å². The molecule has 0 radical (unpaired) electrons. The van der Waals surface area contributed by atoms with Crippen molar-refractivity contribution in [1.82, 2.24) is 15.1 Å². The van der Waals surface area contributed by atoms with E-state index >= 15 is 0 Å². The Labute approximate surface area is 203 Å². The molecule has 2 aliphatic heterocycles. The van der Waals surface area contributed by atoms with Crippen molar-refractivity contribution in [2.24, 2.45) is 17.3 Å². The first-order chi connectivity index (χ1) is 16.1. The summed E-state index contributed by atoms with van der Waals surface area (Å²) in [5, 5.41) is 3.12. The second-order valence-corrected chi connectivity index (χ2v) is 11.4. The summed E-state index contributed by atoms with van der Waals surface area (Å²) >= 11 is 0. The summed E-state index contributed by atoms with van der Waals surface area (Å²) in [5.41, 5.74) is 3.66. The summed E-state index contributed by atoms with van der Waals surface area (Å²) < 4.78 is 0. The van der Waals surface area contributed by atoms with Crippen molar-refractivity contribution < 1.29 is 14.4 Å². The fourth-order valence-electron chi connectivity index (χ4n) is 5.85. The Morgan fingerprint density at radius 2 is 1.79 bits per heavy atom. The first-order valence-electron chi connectivity index (χ1n) is 12.8. The van der Waals surface area contributed by atoms with Crippen LogP contribution in [0.3, 0.4) is 0 Å². The van der Waals surface area contributed by atoms with Gasteiger partial charge in [-0.3, -0.25) is 14.4 Å². The molecule has 186 valence electrons. The van der Waals surface area contributed by atoms with Crippen molar-refractivity contribution in [2.75, 3.05) is 51.7 Å². The number of piperidine rings is 1. The SMILES string of the molecule is CN(C)CC(C)(C)CNC(=O)C1CCN(C(=O)C2CC(=O)N(c3ccc4c(c3)CCC4)C2)CC1. The zero-order valence-electron chi connectivity index (χ0n) is 21.2. The molecule has 3 aliphatic rings. The van der Waals surface area contributed by atoms with Gasteiger partial charge in [-0.2, -0.15) is 0 Å². The highest BCUT2D eigenvalue weighted by atomic mass is 16.2. The standard InChI is InChI=1S/C27H40N4O3/c1-27(2,18-29(3)4)17-28-25(33)20-10-12-30(13-11-20)26(34)22-15-24(32)31(16-22)23-9-8-19-6-5-7-21(19)14-23/h8-9,14,20,22H,5-7,10-13,15-18H2,1-4H3,(H,28,33). The van der Waals surface area contributed by atoms with Gasteiger partial charge in [0.15, 0.2) is 0 Å². The molecule has 0 aromatic heterocycles. The average Bonchev–Trinajstić information content (AvgIpc) is 3.42. The third-order valence-corrected chi connectivity index (χ3v) is 7.53. The Morgan fingerprint density at radius 3 is 2.50 bits per heavy atom. The number of carbonyl (C=O) groups is 3. The molecule has 2 heterocycles. The molecule has 7 nitrogen and oxygen atoms in total. The van der Waals surface area contributed by atoms with Crippen LogP contribution in [0.25, 0.3) is 0 Å². The van der Waals surface area contributed by atoms with E-state index < -0.39 is 0 Å². The Hall–Kier alpha value is -2.41. The lowest BCUT2D eigenvalue weighted by molar-refractivity contribution is -0.139. The van der Waals surface area contributed by atoms with Gasteiger partial charge in [-0.25, -0.2) is 0 Å². The molecular formula is C27H40N4O3. The largest absolute Gasteiger partial charge is 0.355 e. The van der Waals surface area contributed by atoms with Crippen LogP contribution in [0.5, 0.6) is 0 Å². The third-order valence-electron chi connectivity index (χ3n) is 7.53. The molecule has 1 aromatic rings. The Bertz CT molecular complexity index is 934. The van der Waals surface area contributed by atoms with Gasteiger partial charge in [-0.15, -0.1) is 0 Å². The Kier molecular flexibility index (Phi) is 7.31. The number of anilines is 1. The zero-order valence-corrected chi connectivity index (χ0v) is 21.2. The molecular weight excluding hydrogens is 428 g/mol. The summed E-state index contributed by atoms with van der Waals surface area (Å²) in [6.45, 7) is 7.49. The van der Waals surface area contributed by atoms with Gasteiger partial charge in [0.05, 0.1) is 5.92 Å². The minimum absolute atomic E-state index is 0.00947. The molecule has 7 heteroatoms. The van der Waals surface area contributed by atoms with Gasteiger partial charge in [0.2, 0.25) is 17.7 Å². The molecule has 0 bridgehead atoms. The number of aryl methyl sites for hydroxylation is 2. The second-order valence-electron chi connectivity index (χ2n) is 11.4. The summed E-state index contributed by atoms with van der Waals surface area (Å²) in [6, 6.07) is 6.30. The number of amides is 3. The molecule has 1 aromatic carbocycles. The number of benzene rings is 1. The lowest BCUT2D eigenvalue weighted by atomic mass is 9.91. The normalized spacial score (nSPS) is 21.3. The molecule has 2 saturated heterocycles. The van der Waals surface area contributed by atoms with Crippen molar-refractivity contribution in [3.63, 3.8) is 0 Å². The van der Waals surface area contributed by atoms with Crippen LogP contribution in [-0.4, -0.2) is 74.3 Å². The highest BCUT2D eigenvalue weighted by Crippen LogP contribution is 2.32. The number of likely N-dealkylation sites (tertiary alicyclic amines) is 1. The molecule has 2 fully saturated rings. The van der Waals surface area contributed by atoms with Crippen molar-refractivity contribution in [3.8, 4) is 0 Å². The highest BCUT2D eigenvalue weighted by Gasteiger charge is 2.39. The van der Waals surface area contributed by atoms with Crippen LogP contribution in [0, 0.1) is 17.3 Å². The number of nitrogens with zero attached hydrogens (tertiary/aromatic N) is 3. The van der Waals surface area contributed by atoms with Crippen LogP contribution >= 0.6 is 0 Å². The van der Waals surface area contributed by atoms with Crippen molar-refractivity contribution in [1.29, 1.82) is 0 Å². The molecule has 3 amide bonds. The molecule has 0 spiro atoms. The van der Waals surface area contributed by atoms with E-state index in [1.807, 2.05) is 25.1 Å². The van der Waals surface area contributed by atoms with Gasteiger partial charge in [-0.1, -0.05) is 19.9 Å². The number of fused-ring (bicyclic) bond motifs is 1. The third kappa shape index (κ3) is 5.62. The van der Waals surface area contributed by atoms with Crippen LogP contribution < -0.4 is 10.2 Å². The number of rotatable bonds is 7. The minimum atomic E-state index is -0.294. The van der Waals surface area contributed by atoms with E-state index in [0.717, 1.165) is 25.1 Å². The molecule has 1 aliphatic carbocycles. The van der Waals surface area contributed by atoms with Crippen molar-refractivity contribution in [3.05, 3.63) is 29.3 Å². The van der Waals surface area contributed by atoms with Gasteiger partial charge in [-0.05, 0) is 74.9 Å². The van der Waals surface area contributed by atoms with Crippen molar-refractivity contribution in [2.45, 2.75) is 52.4 Å². The van der Waals surface area contributed by atoms with Gasteiger partial charge < -0.3 is 20.0 Å². The first-order valence-corrected chi connectivity index (χ1v) is 12.8. The van der Waals surface area contributed by atoms with Gasteiger partial charge >= 0.3 is 0 Å². The monoisotopic (exact) mass is 468 g/mol. The van der Waals surface area contributed by atoms with Crippen LogP contribution in [0.4, 0.5) is 5.69 Å². The number of nitrogens with one attached hydrogen (secondary N) is 1. The lowest BCUT2D eigenvalue weighted by Gasteiger charge is -2.34. The van der Waals surface area contributed by atoms with Gasteiger partial charge in [0.1, 0.15) is 0 Å². The minimum Gasteiger partial charge on any atom is -0.355 e. The highest BCUT2D eigenvalue weighted by molar-refractivity contribution is 6.00. The molecule has 34 heavy (non-hydrogen) atoms. The molecule has 0 saturated carbocycles. The lowest BCUT2D eigenvalue weighted by Crippen LogP contribution is -2.47. The summed E-state index contributed by atoms with van der Waals surface area (Å²) in [5.74, 6) is -0.156. The van der Waals surface area contributed by atoms with Crippen LogP contribution in [-0.2, 0) is 27.2 Å². The predicted octanol–water partition coefficient (Wildman–Crippen LogP) is 2.47. The first kappa shape index (κ1) is 24.7. The molecule has 1 atom stereocenters. The maximum absolute atomic E-state index is 13.2. The maximum atomic E-state index is 13.2. The van der Waals surface area contributed by atoms with Gasteiger partial charge in [0, 0.05) is 50.7 Å². The average molecular weight is 469 g/mol. The van der Waals surface area contributed by atoms with E-state index in [-0.39, 0.29) is 41.4 Å². The van der Waals surface area contributed by atoms with E-state index in [2.05, 4.69) is 36.2 Å². The van der Waals surface area contributed by atoms with Crippen LogP contribution in [0.2, 0.25) is 0 Å². The maximum Gasteiger partial charge on any atom is 0.228 e. The smallest absolute Gasteiger partial charge is 0.228 e. The number of carbonyl (C=O) groups excluding carboxylic acids is 3. The topological polar surface area (TPSA) is 73.0 Å². The van der Waals surface area contributed by atoms with Crippen molar-refractivity contribution >= 4 is 23.4 Å². The summed E-state index contributed by atoms with van der Waals surface area (Å²) in [7, 11) is 4.08. The molecule has 1 unspecified atom stereocenters. The number of hydrogen-bond donors (Lipinski definition) is 1. The quantitative estimate of drug-likeness (QED) is 0.667. The molecule has 1 N–H and O–H groups in total. The van der Waals surface area contributed by atoms with E-state index in [1.165, 1.54) is 17.5 Å². The summed E-state index contributed by atoms with van der Waals surface area (Å²) in [6.07, 6.45) is 5.00. The number of hydrogen-bond acceptors (Lipinski definition) is 4. The fraction of sp³-hybridized carbons (Fsp3) is 0.667. The van der Waals surface area contributed by atoms with E-state index in [4.69, 9.17) is 0 Å². The zero-order chi connectivity index (χ0) is 24.5. The molecule has 4 rings (SSSR count). The second kappa shape index (κ2) is 10.1. The fourth-order valence-corrected chi connectivity index (χ4v) is 5.85. The van der Waals surface area contributed by atoms with Crippen LogP contribution in [0.1, 0.15) is 50.7 Å². The van der Waals surface area contributed by atoms with E-state index in [1.54, 1.807) is 4.90 Å². The van der Waals surface area contributed by atoms with E-state index in [9.17, 15) is 14.4 Å². The Balaban J connectivity index is 1.26. The summed E-state index contributed by atoms with van der Waals surface area (Å²) in [4.78, 5) is 44.4. The Morgan fingerprint density at radius 1 is 1.09 bits per heavy atom. The van der Waals surface area contributed by atoms with Gasteiger partial charge in [0.25, 0.3) is 0 Å². The van der Waals surface area contributed by atoms with E-state index in [0.29, 0.717) is 39.0 Å². The predicted molar refractivity (Wildman–Crippen MR) is 134 cm³/mol.